The Hall–Kier alpha value is -0.260. The molecule has 18 heavy (non-hydrogen) atoms. The van der Waals surface area contributed by atoms with E-state index in [0.717, 1.165) is 50.5 Å². The number of hydrogen-bond donors (Lipinski definition) is 2. The molecular weight excluding hydrogens is 246 g/mol. The van der Waals surface area contributed by atoms with Gasteiger partial charge in [-0.2, -0.15) is 11.8 Å². The second-order valence-corrected chi connectivity index (χ2v) is 7.11. The van der Waals surface area contributed by atoms with E-state index in [1.165, 1.54) is 0 Å². The van der Waals surface area contributed by atoms with Crippen LogP contribution in [-0.2, 0) is 4.79 Å². The molecule has 0 saturated carbocycles. The molecule has 0 radical (unpaired) electrons. The molecule has 0 aliphatic carbocycles. The predicted molar refractivity (Wildman–Crippen MR) is 76.7 cm³/mol. The van der Waals surface area contributed by atoms with Gasteiger partial charge in [-0.15, -0.1) is 0 Å². The normalized spacial score (nSPS) is 33.9. The minimum Gasteiger partial charge on any atom is -0.368 e. The minimum atomic E-state index is -0.470. The molecule has 0 aromatic rings. The van der Waals surface area contributed by atoms with Gasteiger partial charge in [0.05, 0.1) is 0 Å². The van der Waals surface area contributed by atoms with Crippen LogP contribution in [0.2, 0.25) is 0 Å². The van der Waals surface area contributed by atoms with Crippen LogP contribution in [0.15, 0.2) is 0 Å². The van der Waals surface area contributed by atoms with E-state index in [9.17, 15) is 4.79 Å². The summed E-state index contributed by atoms with van der Waals surface area (Å²) in [4.78, 5) is 14.6. The van der Waals surface area contributed by atoms with Gasteiger partial charge in [0.1, 0.15) is 5.54 Å². The Morgan fingerprint density at radius 2 is 2.11 bits per heavy atom. The highest BCUT2D eigenvalue weighted by Crippen LogP contribution is 2.46. The third-order valence-corrected chi connectivity index (χ3v) is 5.70. The maximum Gasteiger partial charge on any atom is 0.239 e. The summed E-state index contributed by atoms with van der Waals surface area (Å²) in [7, 11) is 0. The lowest BCUT2D eigenvalue weighted by molar-refractivity contribution is -0.137. The van der Waals surface area contributed by atoms with Crippen molar-refractivity contribution in [2.45, 2.75) is 32.2 Å². The Kier molecular flexibility index (Phi) is 4.24. The van der Waals surface area contributed by atoms with Crippen molar-refractivity contribution < 1.29 is 4.79 Å². The Balaban J connectivity index is 2.32. The fourth-order valence-corrected chi connectivity index (χ4v) is 5.07. The lowest BCUT2D eigenvalue weighted by atomic mass is 9.69. The number of amides is 1. The molecular formula is C13H25N3OS. The maximum atomic E-state index is 12.3. The van der Waals surface area contributed by atoms with Gasteiger partial charge in [-0.25, -0.2) is 0 Å². The molecule has 2 rings (SSSR count). The van der Waals surface area contributed by atoms with Gasteiger partial charge in [0, 0.05) is 25.4 Å². The zero-order valence-electron chi connectivity index (χ0n) is 11.5. The van der Waals surface area contributed by atoms with Crippen LogP contribution in [0.3, 0.4) is 0 Å². The SMILES string of the molecule is CC1(C)CCSCC1(C(N)=O)N1CCCNCC1. The number of nitrogens with two attached hydrogens (primary N) is 1. The van der Waals surface area contributed by atoms with E-state index in [-0.39, 0.29) is 11.3 Å². The van der Waals surface area contributed by atoms with Gasteiger partial charge in [0.2, 0.25) is 5.91 Å². The zero-order valence-corrected chi connectivity index (χ0v) is 12.3. The van der Waals surface area contributed by atoms with Crippen LogP contribution in [0.4, 0.5) is 0 Å². The van der Waals surface area contributed by atoms with Crippen LogP contribution >= 0.6 is 11.8 Å². The Bertz CT molecular complexity index is 313. The van der Waals surface area contributed by atoms with Crippen molar-refractivity contribution in [3.05, 3.63) is 0 Å². The van der Waals surface area contributed by atoms with Crippen LogP contribution in [0.1, 0.15) is 26.7 Å². The van der Waals surface area contributed by atoms with E-state index in [1.807, 2.05) is 11.8 Å². The topological polar surface area (TPSA) is 58.4 Å². The van der Waals surface area contributed by atoms with Gasteiger partial charge in [0.15, 0.2) is 0 Å². The first-order chi connectivity index (χ1) is 8.51. The summed E-state index contributed by atoms with van der Waals surface area (Å²) >= 11 is 1.87. The molecule has 4 nitrogen and oxygen atoms in total. The van der Waals surface area contributed by atoms with Crippen molar-refractivity contribution in [1.29, 1.82) is 0 Å². The van der Waals surface area contributed by atoms with Crippen molar-refractivity contribution in [1.82, 2.24) is 10.2 Å². The van der Waals surface area contributed by atoms with Crippen molar-refractivity contribution >= 4 is 17.7 Å². The standard InChI is InChI=1S/C13H25N3OS/c1-12(2)4-9-18-10-13(12,11(14)17)16-7-3-5-15-6-8-16/h15H,3-10H2,1-2H3,(H2,14,17). The molecule has 0 spiro atoms. The number of carbonyl (C=O) groups is 1. The molecule has 1 atom stereocenters. The van der Waals surface area contributed by atoms with Crippen LogP contribution in [0.5, 0.6) is 0 Å². The molecule has 104 valence electrons. The third-order valence-electron chi connectivity index (χ3n) is 4.59. The van der Waals surface area contributed by atoms with Crippen LogP contribution < -0.4 is 11.1 Å². The Morgan fingerprint density at radius 1 is 1.33 bits per heavy atom. The molecule has 1 unspecified atom stereocenters. The predicted octanol–water partition coefficient (Wildman–Crippen LogP) is 0.669. The summed E-state index contributed by atoms with van der Waals surface area (Å²) in [6, 6.07) is 0. The highest BCUT2D eigenvalue weighted by atomic mass is 32.2. The smallest absolute Gasteiger partial charge is 0.239 e. The van der Waals surface area contributed by atoms with E-state index >= 15 is 0 Å². The Morgan fingerprint density at radius 3 is 2.78 bits per heavy atom. The first-order valence-electron chi connectivity index (χ1n) is 6.84. The fraction of sp³-hybridized carbons (Fsp3) is 0.923. The maximum absolute atomic E-state index is 12.3. The number of carbonyl (C=O) groups excluding carboxylic acids is 1. The number of rotatable bonds is 2. The molecule has 2 aliphatic rings. The highest BCUT2D eigenvalue weighted by molar-refractivity contribution is 7.99. The van der Waals surface area contributed by atoms with Crippen molar-refractivity contribution in [2.24, 2.45) is 11.1 Å². The average molecular weight is 271 g/mol. The fourth-order valence-electron chi connectivity index (χ4n) is 3.26. The number of primary amides is 1. The summed E-state index contributed by atoms with van der Waals surface area (Å²) in [5, 5.41) is 3.40. The monoisotopic (exact) mass is 271 g/mol. The second-order valence-electron chi connectivity index (χ2n) is 6.00. The molecule has 0 bridgehead atoms. The molecule has 0 aromatic carbocycles. The van der Waals surface area contributed by atoms with Gasteiger partial charge in [0.25, 0.3) is 0 Å². The molecule has 5 heteroatoms. The third kappa shape index (κ3) is 2.28. The molecule has 0 aromatic heterocycles. The summed E-state index contributed by atoms with van der Waals surface area (Å²) in [6.07, 6.45) is 2.15. The quantitative estimate of drug-likeness (QED) is 0.775. The summed E-state index contributed by atoms with van der Waals surface area (Å²) < 4.78 is 0. The number of nitrogens with one attached hydrogen (secondary N) is 1. The van der Waals surface area contributed by atoms with Gasteiger partial charge in [-0.05, 0) is 30.6 Å². The van der Waals surface area contributed by atoms with Gasteiger partial charge < -0.3 is 11.1 Å². The number of hydrogen-bond acceptors (Lipinski definition) is 4. The van der Waals surface area contributed by atoms with Gasteiger partial charge in [-0.1, -0.05) is 13.8 Å². The first kappa shape index (κ1) is 14.2. The number of nitrogens with zero attached hydrogens (tertiary/aromatic N) is 1. The number of thioether (sulfide) groups is 1. The molecule has 2 aliphatic heterocycles. The zero-order chi connectivity index (χ0) is 13.2. The van der Waals surface area contributed by atoms with Gasteiger partial charge >= 0.3 is 0 Å². The lowest BCUT2D eigenvalue weighted by Gasteiger charge is -2.53. The van der Waals surface area contributed by atoms with E-state index in [1.54, 1.807) is 0 Å². The van der Waals surface area contributed by atoms with Crippen LogP contribution in [0.25, 0.3) is 0 Å². The highest BCUT2D eigenvalue weighted by Gasteiger charge is 2.55. The van der Waals surface area contributed by atoms with Crippen LogP contribution in [0, 0.1) is 5.41 Å². The molecule has 2 fully saturated rings. The molecule has 2 saturated heterocycles. The summed E-state index contributed by atoms with van der Waals surface area (Å²) in [6.45, 7) is 8.30. The summed E-state index contributed by atoms with van der Waals surface area (Å²) in [5.74, 6) is 1.84. The average Bonchev–Trinajstić information content (AvgIpc) is 2.57. The van der Waals surface area contributed by atoms with Crippen molar-refractivity contribution in [3.63, 3.8) is 0 Å². The first-order valence-corrected chi connectivity index (χ1v) is 8.00. The van der Waals surface area contributed by atoms with Crippen LogP contribution in [-0.4, -0.2) is 54.0 Å². The van der Waals surface area contributed by atoms with Crippen molar-refractivity contribution in [2.75, 3.05) is 37.7 Å². The van der Waals surface area contributed by atoms with E-state index in [2.05, 4.69) is 24.1 Å². The lowest BCUT2D eigenvalue weighted by Crippen LogP contribution is -2.69. The van der Waals surface area contributed by atoms with E-state index in [4.69, 9.17) is 5.73 Å². The molecule has 3 N–H and O–H groups in total. The van der Waals surface area contributed by atoms with Crippen molar-refractivity contribution in [3.8, 4) is 0 Å². The molecule has 2 heterocycles. The summed E-state index contributed by atoms with van der Waals surface area (Å²) in [5.41, 5.74) is 5.34. The second kappa shape index (κ2) is 5.39. The largest absolute Gasteiger partial charge is 0.368 e. The molecule has 1 amide bonds. The van der Waals surface area contributed by atoms with E-state index in [0.29, 0.717) is 0 Å². The van der Waals surface area contributed by atoms with E-state index < -0.39 is 5.54 Å². The van der Waals surface area contributed by atoms with Gasteiger partial charge in [-0.3, -0.25) is 9.69 Å². The minimum absolute atomic E-state index is 0.0333. The Labute approximate surface area is 114 Å².